The first-order chi connectivity index (χ1) is 9.45. The Morgan fingerprint density at radius 2 is 1.76 bits per heavy atom. The highest BCUT2D eigenvalue weighted by atomic mass is 79.9. The summed E-state index contributed by atoms with van der Waals surface area (Å²) < 4.78 is 61.8. The van der Waals surface area contributed by atoms with Crippen LogP contribution in [0, 0.1) is 0 Å². The van der Waals surface area contributed by atoms with Gasteiger partial charge in [-0.3, -0.25) is 0 Å². The minimum atomic E-state index is -6.09. The van der Waals surface area contributed by atoms with E-state index in [-0.39, 0.29) is 0 Å². The molecule has 0 amide bonds. The molecule has 10 heteroatoms. The molecule has 1 heterocycles. The standard InChI is InChI=1S/C10H8BrClN.CHF3O3S/c1-13-9-5-3-2-4-7(9)6-8(11)10(13)12;2-1(3,4)8(5,6)7/h2-6H,1H3;(H,5,6,7)/q+1;/p-1. The molecule has 116 valence electrons. The molecule has 0 atom stereocenters. The third kappa shape index (κ3) is 4.53. The summed E-state index contributed by atoms with van der Waals surface area (Å²) in [6.45, 7) is 0. The van der Waals surface area contributed by atoms with Crippen molar-refractivity contribution in [1.29, 1.82) is 0 Å². The average molecular weight is 407 g/mol. The van der Waals surface area contributed by atoms with Crippen LogP contribution in [0.3, 0.4) is 0 Å². The van der Waals surface area contributed by atoms with Crippen molar-refractivity contribution >= 4 is 48.6 Å². The van der Waals surface area contributed by atoms with Crippen LogP contribution in [0.1, 0.15) is 0 Å². The molecule has 0 aliphatic carbocycles. The lowest BCUT2D eigenvalue weighted by Gasteiger charge is -2.08. The first-order valence-corrected chi connectivity index (χ1v) is 7.78. The van der Waals surface area contributed by atoms with Crippen LogP contribution in [-0.2, 0) is 17.2 Å². The van der Waals surface area contributed by atoms with Crippen molar-refractivity contribution in [3.8, 4) is 0 Å². The van der Waals surface area contributed by atoms with Gasteiger partial charge in [-0.2, -0.15) is 17.7 Å². The summed E-state index contributed by atoms with van der Waals surface area (Å²) in [4.78, 5) is 0. The zero-order valence-electron chi connectivity index (χ0n) is 10.4. The summed E-state index contributed by atoms with van der Waals surface area (Å²) in [6.07, 6.45) is 0. The third-order valence-corrected chi connectivity index (χ3v) is 4.21. The highest BCUT2D eigenvalue weighted by molar-refractivity contribution is 9.10. The molecule has 4 nitrogen and oxygen atoms in total. The fourth-order valence-electron chi connectivity index (χ4n) is 1.38. The quantitative estimate of drug-likeness (QED) is 0.292. The molecule has 1 aromatic heterocycles. The van der Waals surface area contributed by atoms with E-state index in [2.05, 4.69) is 22.0 Å². The van der Waals surface area contributed by atoms with E-state index in [9.17, 15) is 13.2 Å². The van der Waals surface area contributed by atoms with Gasteiger partial charge in [-0.15, -0.1) is 0 Å². The van der Waals surface area contributed by atoms with E-state index in [1.807, 2.05) is 35.9 Å². The molecule has 21 heavy (non-hydrogen) atoms. The second-order valence-electron chi connectivity index (χ2n) is 3.80. The van der Waals surface area contributed by atoms with Gasteiger partial charge in [0.15, 0.2) is 10.1 Å². The first-order valence-electron chi connectivity index (χ1n) is 5.20. The van der Waals surface area contributed by atoms with Crippen molar-refractivity contribution in [3.63, 3.8) is 0 Å². The lowest BCUT2D eigenvalue weighted by atomic mass is 10.2. The Morgan fingerprint density at radius 1 is 1.29 bits per heavy atom. The summed E-state index contributed by atoms with van der Waals surface area (Å²) in [5, 5.41) is 1.90. The number of benzene rings is 1. The summed E-state index contributed by atoms with van der Waals surface area (Å²) in [5.74, 6) is 0. The molecule has 2 rings (SSSR count). The summed E-state index contributed by atoms with van der Waals surface area (Å²) >= 11 is 9.49. The van der Waals surface area contributed by atoms with E-state index < -0.39 is 15.6 Å². The van der Waals surface area contributed by atoms with E-state index >= 15 is 0 Å². The van der Waals surface area contributed by atoms with Gasteiger partial charge in [0, 0.05) is 11.5 Å². The summed E-state index contributed by atoms with van der Waals surface area (Å²) in [7, 11) is -4.14. The van der Waals surface area contributed by atoms with Gasteiger partial charge in [-0.05, 0) is 39.7 Å². The van der Waals surface area contributed by atoms with Crippen LogP contribution >= 0.6 is 27.5 Å². The predicted molar refractivity (Wildman–Crippen MR) is 73.6 cm³/mol. The second kappa shape index (κ2) is 6.47. The highest BCUT2D eigenvalue weighted by Gasteiger charge is 2.36. The zero-order valence-corrected chi connectivity index (χ0v) is 13.5. The highest BCUT2D eigenvalue weighted by Crippen LogP contribution is 2.22. The van der Waals surface area contributed by atoms with Gasteiger partial charge in [0.05, 0.1) is 0 Å². The molecule has 0 saturated carbocycles. The van der Waals surface area contributed by atoms with Crippen LogP contribution in [0.15, 0.2) is 34.8 Å². The van der Waals surface area contributed by atoms with E-state index in [4.69, 9.17) is 24.6 Å². The van der Waals surface area contributed by atoms with Crippen molar-refractivity contribution in [3.05, 3.63) is 40.0 Å². The molecule has 1 aromatic carbocycles. The van der Waals surface area contributed by atoms with Gasteiger partial charge in [0.2, 0.25) is 5.52 Å². The maximum Gasteiger partial charge on any atom is 0.485 e. The minimum absolute atomic E-state index is 0.721. The number of pyridine rings is 1. The normalized spacial score (nSPS) is 12.0. The largest absolute Gasteiger partial charge is 0.741 e. The number of rotatable bonds is 0. The van der Waals surface area contributed by atoms with Crippen LogP contribution in [0.4, 0.5) is 13.2 Å². The number of hydrogen-bond acceptors (Lipinski definition) is 3. The second-order valence-corrected chi connectivity index (χ2v) is 6.38. The smallest absolute Gasteiger partial charge is 0.485 e. The van der Waals surface area contributed by atoms with E-state index in [0.29, 0.717) is 0 Å². The van der Waals surface area contributed by atoms with Crippen molar-refractivity contribution in [2.24, 2.45) is 7.05 Å². The van der Waals surface area contributed by atoms with Crippen molar-refractivity contribution < 1.29 is 30.7 Å². The van der Waals surface area contributed by atoms with Crippen molar-refractivity contribution in [2.75, 3.05) is 0 Å². The van der Waals surface area contributed by atoms with Crippen LogP contribution in [0.2, 0.25) is 5.15 Å². The molecule has 0 fully saturated rings. The van der Waals surface area contributed by atoms with Gasteiger partial charge in [-0.1, -0.05) is 12.1 Å². The molecule has 2 aromatic rings. The predicted octanol–water partition coefficient (Wildman–Crippen LogP) is 3.13. The maximum absolute atomic E-state index is 10.7. The lowest BCUT2D eigenvalue weighted by Crippen LogP contribution is -2.30. The average Bonchev–Trinajstić information content (AvgIpc) is 2.34. The summed E-state index contributed by atoms with van der Waals surface area (Å²) in [5.41, 5.74) is -4.51. The molecule has 0 unspecified atom stereocenters. The van der Waals surface area contributed by atoms with Crippen LogP contribution in [0.25, 0.3) is 10.9 Å². The molecular formula is C11H8BrClF3NO3S. The number of nitrogens with zero attached hydrogens (tertiary/aromatic N) is 1. The molecule has 0 saturated heterocycles. The van der Waals surface area contributed by atoms with E-state index in [1.54, 1.807) is 0 Å². The van der Waals surface area contributed by atoms with Crippen LogP contribution in [0.5, 0.6) is 0 Å². The Balaban J connectivity index is 0.000000240. The Morgan fingerprint density at radius 3 is 2.24 bits per heavy atom. The van der Waals surface area contributed by atoms with Gasteiger partial charge >= 0.3 is 5.51 Å². The number of halogens is 5. The van der Waals surface area contributed by atoms with Crippen molar-refractivity contribution in [2.45, 2.75) is 5.51 Å². The van der Waals surface area contributed by atoms with Gasteiger partial charge in [-0.25, -0.2) is 8.42 Å². The fourth-order valence-corrected chi connectivity index (χ4v) is 2.04. The van der Waals surface area contributed by atoms with Gasteiger partial charge in [0.1, 0.15) is 11.5 Å². The van der Waals surface area contributed by atoms with Crippen LogP contribution in [-0.4, -0.2) is 18.5 Å². The third-order valence-electron chi connectivity index (χ3n) is 2.36. The SMILES string of the molecule is C[n+]1c(Cl)c(Br)cc2ccccc21.O=S(=O)([O-])C(F)(F)F. The Labute approximate surface area is 132 Å². The Kier molecular flexibility index (Phi) is 5.59. The monoisotopic (exact) mass is 405 g/mol. The Hall–Kier alpha value is -0.900. The summed E-state index contributed by atoms with van der Waals surface area (Å²) in [6, 6.07) is 10.2. The molecule has 0 N–H and O–H groups in total. The number of alkyl halides is 3. The van der Waals surface area contributed by atoms with E-state index in [1.165, 1.54) is 5.39 Å². The number of fused-ring (bicyclic) bond motifs is 1. The fraction of sp³-hybridized carbons (Fsp3) is 0.182. The minimum Gasteiger partial charge on any atom is -0.741 e. The molecule has 0 radical (unpaired) electrons. The zero-order chi connectivity index (χ0) is 16.4. The molecule has 0 aliphatic rings. The number of para-hydroxylation sites is 1. The number of hydrogen-bond donors (Lipinski definition) is 0. The maximum atomic E-state index is 10.7. The van der Waals surface area contributed by atoms with Crippen LogP contribution < -0.4 is 4.57 Å². The van der Waals surface area contributed by atoms with Gasteiger partial charge < -0.3 is 4.55 Å². The topological polar surface area (TPSA) is 61.1 Å². The molecule has 0 spiro atoms. The Bertz CT molecular complexity index is 765. The number of aromatic nitrogens is 1. The number of aryl methyl sites for hydroxylation is 1. The van der Waals surface area contributed by atoms with Crippen molar-refractivity contribution in [1.82, 2.24) is 0 Å². The molecule has 0 aliphatic heterocycles. The molecule has 0 bridgehead atoms. The van der Waals surface area contributed by atoms with E-state index in [0.717, 1.165) is 15.1 Å². The van der Waals surface area contributed by atoms with Gasteiger partial charge in [0.25, 0.3) is 5.15 Å². The first kappa shape index (κ1) is 18.1. The lowest BCUT2D eigenvalue weighted by molar-refractivity contribution is -0.643. The molecular weight excluding hydrogens is 399 g/mol.